The lowest BCUT2D eigenvalue weighted by atomic mass is 10.0. The lowest BCUT2D eigenvalue weighted by Gasteiger charge is -2.23. The van der Waals surface area contributed by atoms with Gasteiger partial charge in [-0.15, -0.1) is 0 Å². The molecule has 0 aromatic rings. The van der Waals surface area contributed by atoms with Crippen LogP contribution < -0.4 is 0 Å². The number of hydrogen-bond acceptors (Lipinski definition) is 1. The summed E-state index contributed by atoms with van der Waals surface area (Å²) in [6, 6.07) is 0. The molecular formula is C7H9BrO. The van der Waals surface area contributed by atoms with Crippen LogP contribution in [0.4, 0.5) is 0 Å². The van der Waals surface area contributed by atoms with Crippen molar-refractivity contribution in [1.29, 1.82) is 0 Å². The Labute approximate surface area is 63.2 Å². The summed E-state index contributed by atoms with van der Waals surface area (Å²) in [5.74, 6) is 0.155. The molecule has 0 bridgehead atoms. The van der Waals surface area contributed by atoms with E-state index in [2.05, 4.69) is 15.9 Å². The van der Waals surface area contributed by atoms with Crippen LogP contribution in [0.25, 0.3) is 0 Å². The van der Waals surface area contributed by atoms with Crippen molar-refractivity contribution in [2.24, 2.45) is 5.92 Å². The number of allylic oxidation sites excluding steroid dienone is 2. The summed E-state index contributed by atoms with van der Waals surface area (Å²) in [4.78, 5) is 0. The molecule has 0 aromatic heterocycles. The first-order valence-corrected chi connectivity index (χ1v) is 3.69. The second-order valence-electron chi connectivity index (χ2n) is 2.26. The van der Waals surface area contributed by atoms with E-state index < -0.39 is 4.51 Å². The second kappa shape index (κ2) is 2.27. The summed E-state index contributed by atoms with van der Waals surface area (Å²) < 4.78 is -0.818. The molecule has 0 fully saturated rings. The molecule has 0 saturated carbocycles. The zero-order chi connectivity index (χ0) is 6.91. The highest BCUT2D eigenvalue weighted by molar-refractivity contribution is 9.10. The molecule has 0 aromatic carbocycles. The average Bonchev–Trinajstić information content (AvgIpc) is 1.77. The largest absolute Gasteiger partial charge is 0.375 e. The Morgan fingerprint density at radius 1 is 1.56 bits per heavy atom. The van der Waals surface area contributed by atoms with Gasteiger partial charge in [-0.25, -0.2) is 0 Å². The van der Waals surface area contributed by atoms with Crippen LogP contribution in [0.2, 0.25) is 0 Å². The van der Waals surface area contributed by atoms with Gasteiger partial charge in [0.15, 0.2) is 0 Å². The number of alkyl halides is 1. The normalized spacial score (nSPS) is 41.4. The van der Waals surface area contributed by atoms with E-state index in [1.165, 1.54) is 0 Å². The van der Waals surface area contributed by atoms with Crippen molar-refractivity contribution < 1.29 is 5.11 Å². The smallest absolute Gasteiger partial charge is 0.144 e. The van der Waals surface area contributed by atoms with Crippen molar-refractivity contribution in [2.45, 2.75) is 11.4 Å². The van der Waals surface area contributed by atoms with Crippen molar-refractivity contribution in [3.63, 3.8) is 0 Å². The van der Waals surface area contributed by atoms with Gasteiger partial charge >= 0.3 is 0 Å². The van der Waals surface area contributed by atoms with E-state index in [1.807, 2.05) is 25.2 Å². The third-order valence-electron chi connectivity index (χ3n) is 1.48. The van der Waals surface area contributed by atoms with Crippen molar-refractivity contribution in [3.8, 4) is 0 Å². The first-order valence-electron chi connectivity index (χ1n) is 2.90. The number of aliphatic hydroxyl groups is 1. The molecule has 2 unspecified atom stereocenters. The van der Waals surface area contributed by atoms with Crippen LogP contribution in [0.3, 0.4) is 0 Å². The van der Waals surface area contributed by atoms with E-state index in [-0.39, 0.29) is 5.92 Å². The molecule has 0 heterocycles. The molecule has 2 heteroatoms. The minimum atomic E-state index is -0.818. The lowest BCUT2D eigenvalue weighted by molar-refractivity contribution is 0.155. The van der Waals surface area contributed by atoms with Crippen LogP contribution in [-0.2, 0) is 0 Å². The Morgan fingerprint density at radius 2 is 2.22 bits per heavy atom. The summed E-state index contributed by atoms with van der Waals surface area (Å²) in [5, 5.41) is 9.42. The zero-order valence-electron chi connectivity index (χ0n) is 5.21. The van der Waals surface area contributed by atoms with Crippen molar-refractivity contribution in [3.05, 3.63) is 24.3 Å². The van der Waals surface area contributed by atoms with Gasteiger partial charge in [0, 0.05) is 5.92 Å². The van der Waals surface area contributed by atoms with Crippen LogP contribution in [0.5, 0.6) is 0 Å². The number of rotatable bonds is 0. The summed E-state index contributed by atoms with van der Waals surface area (Å²) in [6.07, 6.45) is 7.45. The van der Waals surface area contributed by atoms with Gasteiger partial charge in [-0.3, -0.25) is 0 Å². The highest BCUT2D eigenvalue weighted by Gasteiger charge is 2.26. The van der Waals surface area contributed by atoms with Crippen molar-refractivity contribution in [1.82, 2.24) is 0 Å². The average molecular weight is 189 g/mol. The van der Waals surface area contributed by atoms with Crippen molar-refractivity contribution >= 4 is 15.9 Å². The molecule has 2 atom stereocenters. The predicted molar refractivity (Wildman–Crippen MR) is 41.3 cm³/mol. The number of halogens is 1. The Bertz CT molecular complexity index is 158. The lowest BCUT2D eigenvalue weighted by Crippen LogP contribution is -2.26. The molecule has 0 amide bonds. The van der Waals surface area contributed by atoms with Crippen LogP contribution in [0.1, 0.15) is 6.92 Å². The van der Waals surface area contributed by atoms with Gasteiger partial charge < -0.3 is 5.11 Å². The minimum Gasteiger partial charge on any atom is -0.375 e. The Hall–Kier alpha value is -0.0800. The van der Waals surface area contributed by atoms with Crippen LogP contribution >= 0.6 is 15.9 Å². The molecule has 1 aliphatic rings. The molecule has 0 radical (unpaired) electrons. The maximum Gasteiger partial charge on any atom is 0.144 e. The Morgan fingerprint density at radius 3 is 2.56 bits per heavy atom. The maximum atomic E-state index is 9.42. The summed E-state index contributed by atoms with van der Waals surface area (Å²) in [7, 11) is 0. The first kappa shape index (κ1) is 7.03. The van der Waals surface area contributed by atoms with E-state index in [0.29, 0.717) is 0 Å². The van der Waals surface area contributed by atoms with Gasteiger partial charge in [0.2, 0.25) is 0 Å². The number of hydrogen-bond donors (Lipinski definition) is 1. The molecule has 1 nitrogen and oxygen atoms in total. The van der Waals surface area contributed by atoms with E-state index >= 15 is 0 Å². The summed E-state index contributed by atoms with van der Waals surface area (Å²) >= 11 is 3.18. The molecular weight excluding hydrogens is 180 g/mol. The van der Waals surface area contributed by atoms with E-state index in [9.17, 15) is 5.11 Å². The van der Waals surface area contributed by atoms with Gasteiger partial charge in [-0.2, -0.15) is 0 Å². The van der Waals surface area contributed by atoms with Gasteiger partial charge in [-0.05, 0) is 22.0 Å². The topological polar surface area (TPSA) is 20.2 Å². The fraction of sp³-hybridized carbons (Fsp3) is 0.429. The summed E-state index contributed by atoms with van der Waals surface area (Å²) in [6.45, 7) is 1.95. The van der Waals surface area contributed by atoms with Gasteiger partial charge in [0.05, 0.1) is 0 Å². The molecule has 9 heavy (non-hydrogen) atoms. The predicted octanol–water partition coefficient (Wildman–Crippen LogP) is 1.83. The van der Waals surface area contributed by atoms with E-state index in [4.69, 9.17) is 0 Å². The first-order chi connectivity index (χ1) is 4.13. The monoisotopic (exact) mass is 188 g/mol. The molecule has 1 aliphatic carbocycles. The molecule has 0 aliphatic heterocycles. The van der Waals surface area contributed by atoms with Crippen LogP contribution in [-0.4, -0.2) is 9.62 Å². The van der Waals surface area contributed by atoms with Gasteiger partial charge in [-0.1, -0.05) is 25.2 Å². The molecule has 1 rings (SSSR count). The molecule has 50 valence electrons. The quantitative estimate of drug-likeness (QED) is 0.576. The SMILES string of the molecule is CC1C=CC=CC1(O)Br. The summed E-state index contributed by atoms with van der Waals surface area (Å²) in [5.41, 5.74) is 0. The van der Waals surface area contributed by atoms with Crippen LogP contribution in [0, 0.1) is 5.92 Å². The van der Waals surface area contributed by atoms with Crippen LogP contribution in [0.15, 0.2) is 24.3 Å². The van der Waals surface area contributed by atoms with Gasteiger partial charge in [0.1, 0.15) is 4.51 Å². The molecule has 1 N–H and O–H groups in total. The van der Waals surface area contributed by atoms with Crippen molar-refractivity contribution in [2.75, 3.05) is 0 Å². The minimum absolute atomic E-state index is 0.155. The molecule has 0 spiro atoms. The third-order valence-corrected chi connectivity index (χ3v) is 2.47. The Kier molecular flexibility index (Phi) is 1.78. The van der Waals surface area contributed by atoms with Gasteiger partial charge in [0.25, 0.3) is 0 Å². The standard InChI is InChI=1S/C7H9BrO/c1-6-4-2-3-5-7(6,8)9/h2-6,9H,1H3. The fourth-order valence-electron chi connectivity index (χ4n) is 0.708. The highest BCUT2D eigenvalue weighted by atomic mass is 79.9. The zero-order valence-corrected chi connectivity index (χ0v) is 6.80. The fourth-order valence-corrected chi connectivity index (χ4v) is 1.01. The van der Waals surface area contributed by atoms with E-state index in [1.54, 1.807) is 6.08 Å². The Balaban J connectivity index is 2.78. The second-order valence-corrected chi connectivity index (χ2v) is 3.53. The third kappa shape index (κ3) is 1.43. The highest BCUT2D eigenvalue weighted by Crippen LogP contribution is 2.29. The molecule has 0 saturated heterocycles. The van der Waals surface area contributed by atoms with E-state index in [0.717, 1.165) is 0 Å². The maximum absolute atomic E-state index is 9.42.